The van der Waals surface area contributed by atoms with Gasteiger partial charge in [-0.05, 0) is 35.2 Å². The minimum absolute atomic E-state index is 0.00846. The van der Waals surface area contributed by atoms with Gasteiger partial charge in [-0.1, -0.05) is 52.3 Å². The average Bonchev–Trinajstić information content (AvgIpc) is 2.70. The zero-order valence-corrected chi connectivity index (χ0v) is 16.9. The van der Waals surface area contributed by atoms with E-state index >= 15 is 0 Å². The van der Waals surface area contributed by atoms with Crippen LogP contribution in [-0.2, 0) is 29.1 Å². The summed E-state index contributed by atoms with van der Waals surface area (Å²) in [6.07, 6.45) is -2.72. The Labute approximate surface area is 172 Å². The molecule has 28 heavy (non-hydrogen) atoms. The van der Waals surface area contributed by atoms with Crippen molar-refractivity contribution in [1.82, 2.24) is 10.2 Å². The van der Waals surface area contributed by atoms with Crippen LogP contribution in [-0.4, -0.2) is 52.1 Å². The molecule has 0 bridgehead atoms. The number of nitrogens with one attached hydrogen (secondary N) is 1. The summed E-state index contributed by atoms with van der Waals surface area (Å²) in [7, 11) is 0. The molecule has 1 amide bonds. The van der Waals surface area contributed by atoms with E-state index in [4.69, 9.17) is 0 Å². The fraction of sp³-hybridized carbons (Fsp3) is 0.333. The van der Waals surface area contributed by atoms with Gasteiger partial charge in [-0.2, -0.15) is 0 Å². The van der Waals surface area contributed by atoms with Gasteiger partial charge in [0.05, 0.1) is 6.54 Å². The summed E-state index contributed by atoms with van der Waals surface area (Å²) in [6, 6.07) is 15.4. The third-order valence-corrected chi connectivity index (χ3v) is 5.34. The van der Waals surface area contributed by atoms with E-state index in [-0.39, 0.29) is 13.1 Å². The summed E-state index contributed by atoms with van der Waals surface area (Å²) < 4.78 is 0.873. The van der Waals surface area contributed by atoms with Crippen LogP contribution in [0.25, 0.3) is 0 Å². The zero-order valence-electron chi connectivity index (χ0n) is 15.3. The minimum atomic E-state index is -1.79. The van der Waals surface area contributed by atoms with Crippen molar-refractivity contribution in [2.45, 2.75) is 31.7 Å². The first-order valence-corrected chi connectivity index (χ1v) is 9.93. The number of aliphatic hydroxyl groups excluding tert-OH is 2. The number of carbonyl (C=O) groups is 2. The van der Waals surface area contributed by atoms with Gasteiger partial charge in [0.1, 0.15) is 6.10 Å². The molecule has 0 unspecified atom stereocenters. The highest BCUT2D eigenvalue weighted by Crippen LogP contribution is 2.18. The molecule has 1 aliphatic rings. The van der Waals surface area contributed by atoms with Gasteiger partial charge in [-0.15, -0.1) is 0 Å². The number of hydrogen-bond acceptors (Lipinski definition) is 5. The number of ketones is 1. The fourth-order valence-corrected chi connectivity index (χ4v) is 3.71. The van der Waals surface area contributed by atoms with Gasteiger partial charge in [-0.3, -0.25) is 14.5 Å². The Morgan fingerprint density at radius 2 is 1.82 bits per heavy atom. The first-order chi connectivity index (χ1) is 13.4. The minimum Gasteiger partial charge on any atom is -0.382 e. The molecule has 2 aromatic rings. The van der Waals surface area contributed by atoms with Crippen molar-refractivity contribution < 1.29 is 19.8 Å². The lowest BCUT2D eigenvalue weighted by Crippen LogP contribution is -2.48. The lowest BCUT2D eigenvalue weighted by Gasteiger charge is -2.29. The molecule has 3 rings (SSSR count). The maximum Gasteiger partial charge on any atom is 0.252 e. The quantitative estimate of drug-likeness (QED) is 0.598. The van der Waals surface area contributed by atoms with Gasteiger partial charge in [0.2, 0.25) is 0 Å². The monoisotopic (exact) mass is 446 g/mol. The van der Waals surface area contributed by atoms with E-state index in [0.29, 0.717) is 13.1 Å². The standard InChI is InChI=1S/C21H23BrN2O4/c22-17-7-3-4-14(10-17)11-23-21(28)20(27)19(26)18(25)13-24-9-8-15-5-1-2-6-16(15)12-24/h1-7,10,19-20,26-27H,8-9,11-13H2,(H,23,28)/t19-,20+/m1/s1. The molecule has 0 spiro atoms. The maximum absolute atomic E-state index is 12.4. The third kappa shape index (κ3) is 5.26. The summed E-state index contributed by atoms with van der Waals surface area (Å²) in [5.41, 5.74) is 3.25. The number of fused-ring (bicyclic) bond motifs is 1. The Morgan fingerprint density at radius 3 is 2.57 bits per heavy atom. The number of benzene rings is 2. The van der Waals surface area contributed by atoms with E-state index in [1.165, 1.54) is 5.56 Å². The number of amides is 1. The second-order valence-corrected chi connectivity index (χ2v) is 7.85. The first kappa shape index (κ1) is 20.7. The van der Waals surface area contributed by atoms with Crippen molar-refractivity contribution in [1.29, 1.82) is 0 Å². The second kappa shape index (κ2) is 9.43. The Bertz CT molecular complexity index is 858. The molecule has 3 N–H and O–H groups in total. The van der Waals surface area contributed by atoms with E-state index in [9.17, 15) is 19.8 Å². The van der Waals surface area contributed by atoms with Crippen molar-refractivity contribution in [2.75, 3.05) is 13.1 Å². The number of hydrogen-bond donors (Lipinski definition) is 3. The van der Waals surface area contributed by atoms with Gasteiger partial charge in [-0.25, -0.2) is 0 Å². The topological polar surface area (TPSA) is 89.9 Å². The Balaban J connectivity index is 1.50. The maximum atomic E-state index is 12.4. The Morgan fingerprint density at radius 1 is 1.07 bits per heavy atom. The molecule has 0 saturated heterocycles. The van der Waals surface area contributed by atoms with Crippen molar-refractivity contribution in [2.24, 2.45) is 0 Å². The van der Waals surface area contributed by atoms with Crippen molar-refractivity contribution in [3.05, 3.63) is 69.7 Å². The number of aliphatic hydroxyl groups is 2. The summed E-state index contributed by atoms with van der Waals surface area (Å²) in [4.78, 5) is 26.4. The van der Waals surface area contributed by atoms with Crippen molar-refractivity contribution >= 4 is 27.6 Å². The number of halogens is 1. The largest absolute Gasteiger partial charge is 0.382 e. The number of carbonyl (C=O) groups excluding carboxylic acids is 2. The lowest BCUT2D eigenvalue weighted by atomic mass is 9.99. The molecule has 6 nitrogen and oxygen atoms in total. The molecule has 0 radical (unpaired) electrons. The number of Topliss-reactive ketones (excluding diaryl/α,β-unsaturated/α-hetero) is 1. The smallest absolute Gasteiger partial charge is 0.252 e. The summed E-state index contributed by atoms with van der Waals surface area (Å²) in [5.74, 6) is -1.34. The van der Waals surface area contributed by atoms with Gasteiger partial charge in [0, 0.05) is 24.1 Å². The molecule has 1 aliphatic heterocycles. The van der Waals surface area contributed by atoms with E-state index in [0.717, 1.165) is 22.0 Å². The van der Waals surface area contributed by atoms with Crippen LogP contribution in [0.15, 0.2) is 53.0 Å². The third-order valence-electron chi connectivity index (χ3n) is 4.84. The molecule has 0 saturated carbocycles. The summed E-state index contributed by atoms with van der Waals surface area (Å²) in [6.45, 7) is 1.49. The van der Waals surface area contributed by atoms with Crippen LogP contribution in [0.5, 0.6) is 0 Å². The van der Waals surface area contributed by atoms with E-state index in [1.807, 2.05) is 47.4 Å². The lowest BCUT2D eigenvalue weighted by molar-refractivity contribution is -0.145. The predicted octanol–water partition coefficient (Wildman–Crippen LogP) is 1.41. The van der Waals surface area contributed by atoms with Crippen LogP contribution in [0.2, 0.25) is 0 Å². The number of nitrogens with zero attached hydrogens (tertiary/aromatic N) is 1. The van der Waals surface area contributed by atoms with Gasteiger partial charge >= 0.3 is 0 Å². The normalized spacial score (nSPS) is 16.1. The van der Waals surface area contributed by atoms with Gasteiger partial charge in [0.15, 0.2) is 11.9 Å². The average molecular weight is 447 g/mol. The number of rotatable bonds is 7. The van der Waals surface area contributed by atoms with Crippen LogP contribution in [0.1, 0.15) is 16.7 Å². The molecule has 1 heterocycles. The van der Waals surface area contributed by atoms with Crippen LogP contribution >= 0.6 is 15.9 Å². The predicted molar refractivity (Wildman–Crippen MR) is 108 cm³/mol. The van der Waals surface area contributed by atoms with Crippen LogP contribution in [0.4, 0.5) is 0 Å². The highest BCUT2D eigenvalue weighted by molar-refractivity contribution is 9.10. The molecule has 2 aromatic carbocycles. The Kier molecular flexibility index (Phi) is 6.96. The second-order valence-electron chi connectivity index (χ2n) is 6.93. The Hall–Kier alpha value is -2.06. The van der Waals surface area contributed by atoms with Crippen LogP contribution < -0.4 is 5.32 Å². The zero-order chi connectivity index (χ0) is 20.1. The van der Waals surface area contributed by atoms with E-state index < -0.39 is 23.9 Å². The molecule has 0 fully saturated rings. The summed E-state index contributed by atoms with van der Waals surface area (Å²) >= 11 is 3.35. The highest BCUT2D eigenvalue weighted by Gasteiger charge is 2.31. The van der Waals surface area contributed by atoms with Crippen LogP contribution in [0, 0.1) is 0 Å². The first-order valence-electron chi connectivity index (χ1n) is 9.14. The van der Waals surface area contributed by atoms with Gasteiger partial charge < -0.3 is 15.5 Å². The molecule has 7 heteroatoms. The van der Waals surface area contributed by atoms with E-state index in [1.54, 1.807) is 0 Å². The highest BCUT2D eigenvalue weighted by atomic mass is 79.9. The fourth-order valence-electron chi connectivity index (χ4n) is 3.26. The SMILES string of the molecule is O=C(CN1CCc2ccccc2C1)[C@@H](O)[C@H](O)C(=O)NCc1cccc(Br)c1. The van der Waals surface area contributed by atoms with Crippen molar-refractivity contribution in [3.8, 4) is 0 Å². The molecular formula is C21H23BrN2O4. The molecule has 148 valence electrons. The van der Waals surface area contributed by atoms with Crippen LogP contribution in [0.3, 0.4) is 0 Å². The molecular weight excluding hydrogens is 424 g/mol. The van der Waals surface area contributed by atoms with E-state index in [2.05, 4.69) is 27.3 Å². The molecule has 0 aromatic heterocycles. The summed E-state index contributed by atoms with van der Waals surface area (Å²) in [5, 5.41) is 22.7. The molecule has 2 atom stereocenters. The molecule has 0 aliphatic carbocycles. The van der Waals surface area contributed by atoms with Gasteiger partial charge in [0.25, 0.3) is 5.91 Å². The van der Waals surface area contributed by atoms with Crippen molar-refractivity contribution in [3.63, 3.8) is 0 Å².